The molecule has 2 aromatic heterocycles. The van der Waals surface area contributed by atoms with Gasteiger partial charge in [0.1, 0.15) is 17.3 Å². The van der Waals surface area contributed by atoms with Gasteiger partial charge in [0.2, 0.25) is 0 Å². The maximum Gasteiger partial charge on any atom is 0.307 e. The second kappa shape index (κ2) is 8.73. The summed E-state index contributed by atoms with van der Waals surface area (Å²) in [7, 11) is 1.86. The number of imidazole rings is 1. The Morgan fingerprint density at radius 3 is 2.56 bits per heavy atom. The lowest BCUT2D eigenvalue weighted by atomic mass is 9.93. The molecule has 3 aliphatic rings. The van der Waals surface area contributed by atoms with Crippen molar-refractivity contribution in [3.8, 4) is 11.4 Å². The molecule has 2 aromatic carbocycles. The summed E-state index contributed by atoms with van der Waals surface area (Å²) in [4.78, 5) is 36.4. The highest BCUT2D eigenvalue weighted by atomic mass is 19.1. The Morgan fingerprint density at radius 1 is 1.05 bits per heavy atom. The molecule has 0 saturated heterocycles. The molecule has 3 heterocycles. The number of hydrogen-bond acceptors (Lipinski definition) is 4. The summed E-state index contributed by atoms with van der Waals surface area (Å²) < 4.78 is 17.2. The van der Waals surface area contributed by atoms with Gasteiger partial charge in [-0.1, -0.05) is 30.3 Å². The first-order chi connectivity index (χ1) is 18.8. The molecular formula is C31H29FN4O3. The molecule has 7 nitrogen and oxygen atoms in total. The van der Waals surface area contributed by atoms with Crippen LogP contribution in [0.2, 0.25) is 0 Å². The predicted octanol–water partition coefficient (Wildman–Crippen LogP) is 5.60. The number of aliphatic carboxylic acids is 1. The first-order valence-electron chi connectivity index (χ1n) is 13.6. The average Bonchev–Trinajstić information content (AvgIpc) is 3.85. The van der Waals surface area contributed by atoms with Crippen LogP contribution in [0.1, 0.15) is 76.8 Å². The van der Waals surface area contributed by atoms with Gasteiger partial charge in [-0.3, -0.25) is 9.59 Å². The summed E-state index contributed by atoms with van der Waals surface area (Å²) in [5.41, 5.74) is 6.17. The minimum atomic E-state index is -0.841. The molecule has 1 N–H and O–H groups in total. The number of aryl methyl sites for hydroxylation is 1. The Kier molecular flexibility index (Phi) is 5.37. The molecule has 1 amide bonds. The van der Waals surface area contributed by atoms with Crippen molar-refractivity contribution in [2.75, 3.05) is 6.54 Å². The molecule has 198 valence electrons. The number of carboxylic acid groups (broad SMARTS) is 1. The number of hydrogen-bond donors (Lipinski definition) is 1. The third kappa shape index (κ3) is 3.92. The van der Waals surface area contributed by atoms with Gasteiger partial charge in [-0.05, 0) is 84.9 Å². The summed E-state index contributed by atoms with van der Waals surface area (Å²) in [5, 5.41) is 9.24. The van der Waals surface area contributed by atoms with Crippen LogP contribution in [0.4, 0.5) is 4.39 Å². The van der Waals surface area contributed by atoms with Crippen LogP contribution in [0.15, 0.2) is 48.5 Å². The Hall–Kier alpha value is -4.07. The number of amides is 1. The van der Waals surface area contributed by atoms with Gasteiger partial charge in [0.25, 0.3) is 5.91 Å². The van der Waals surface area contributed by atoms with Gasteiger partial charge in [0.05, 0.1) is 23.0 Å². The van der Waals surface area contributed by atoms with E-state index in [0.29, 0.717) is 47.2 Å². The Bertz CT molecular complexity index is 1670. The fourth-order valence-corrected chi connectivity index (χ4v) is 6.28. The molecule has 1 aliphatic heterocycles. The number of carbonyl (C=O) groups is 2. The highest BCUT2D eigenvalue weighted by Crippen LogP contribution is 2.48. The number of nitrogens with zero attached hydrogens (tertiary/aromatic N) is 4. The Balaban J connectivity index is 1.26. The molecule has 4 aromatic rings. The number of rotatable bonds is 5. The summed E-state index contributed by atoms with van der Waals surface area (Å²) in [6.45, 7) is 2.69. The fraction of sp³-hybridized carbons (Fsp3) is 0.355. The lowest BCUT2D eigenvalue weighted by molar-refractivity contribution is -0.138. The molecule has 0 bridgehead atoms. The molecule has 39 heavy (non-hydrogen) atoms. The standard InChI is InChI=1S/C31H29FN4O3/c1-16-20-6-4-3-5-17(20)11-12-36(16)30(37)26-15-23(18-7-8-18)27-28(33-26)34-29(35(27)2)21-10-9-19(13-25(21)32)22-14-24(22)31(38)39/h3-6,9-10,13,15-16,18,22,24H,7-8,11-12,14H2,1-2H3,(H,38,39)/t16-,22?,24-/m1/s1. The van der Waals surface area contributed by atoms with E-state index in [1.165, 1.54) is 17.2 Å². The van der Waals surface area contributed by atoms with Gasteiger partial charge in [0.15, 0.2) is 5.65 Å². The van der Waals surface area contributed by atoms with Crippen LogP contribution in [0.3, 0.4) is 0 Å². The van der Waals surface area contributed by atoms with Crippen molar-refractivity contribution in [2.45, 2.75) is 50.5 Å². The number of benzene rings is 2. The SMILES string of the molecule is C[C@@H]1c2ccccc2CCN1C(=O)c1cc(C2CC2)c2c(n1)nc(-c1ccc(C3C[C@H]3C(=O)O)cc1F)n2C. The van der Waals surface area contributed by atoms with E-state index in [1.807, 2.05) is 34.7 Å². The van der Waals surface area contributed by atoms with E-state index in [2.05, 4.69) is 19.1 Å². The van der Waals surface area contributed by atoms with Crippen LogP contribution in [0, 0.1) is 11.7 Å². The first kappa shape index (κ1) is 24.0. The molecule has 1 unspecified atom stereocenters. The van der Waals surface area contributed by atoms with E-state index >= 15 is 4.39 Å². The minimum absolute atomic E-state index is 0.0524. The molecule has 7 rings (SSSR count). The Labute approximate surface area is 225 Å². The van der Waals surface area contributed by atoms with Gasteiger partial charge in [-0.15, -0.1) is 0 Å². The van der Waals surface area contributed by atoms with Crippen molar-refractivity contribution in [1.29, 1.82) is 0 Å². The van der Waals surface area contributed by atoms with E-state index < -0.39 is 17.7 Å². The zero-order valence-corrected chi connectivity index (χ0v) is 21.9. The van der Waals surface area contributed by atoms with Crippen molar-refractivity contribution in [3.63, 3.8) is 0 Å². The van der Waals surface area contributed by atoms with E-state index in [4.69, 9.17) is 9.97 Å². The van der Waals surface area contributed by atoms with Crippen LogP contribution in [0.5, 0.6) is 0 Å². The number of fused-ring (bicyclic) bond motifs is 2. The number of pyridine rings is 1. The van der Waals surface area contributed by atoms with Crippen molar-refractivity contribution in [2.24, 2.45) is 13.0 Å². The molecular weight excluding hydrogens is 495 g/mol. The molecule has 8 heteroatoms. The fourth-order valence-electron chi connectivity index (χ4n) is 6.28. The van der Waals surface area contributed by atoms with E-state index in [9.17, 15) is 14.7 Å². The summed E-state index contributed by atoms with van der Waals surface area (Å²) in [6, 6.07) is 15.0. The van der Waals surface area contributed by atoms with Crippen LogP contribution in [-0.2, 0) is 18.3 Å². The molecule has 2 saturated carbocycles. The summed E-state index contributed by atoms with van der Waals surface area (Å²) in [6.07, 6.45) is 3.42. The van der Waals surface area contributed by atoms with Crippen molar-refractivity contribution < 1.29 is 19.1 Å². The second-order valence-corrected chi connectivity index (χ2v) is 11.2. The lowest BCUT2D eigenvalue weighted by Crippen LogP contribution is -2.39. The summed E-state index contributed by atoms with van der Waals surface area (Å²) >= 11 is 0. The normalized spacial score (nSPS) is 22.1. The van der Waals surface area contributed by atoms with E-state index in [-0.39, 0.29) is 17.9 Å². The smallest absolute Gasteiger partial charge is 0.307 e. The predicted molar refractivity (Wildman–Crippen MR) is 144 cm³/mol. The number of carbonyl (C=O) groups excluding carboxylic acids is 1. The van der Waals surface area contributed by atoms with Crippen LogP contribution < -0.4 is 0 Å². The minimum Gasteiger partial charge on any atom is -0.481 e. The molecule has 0 spiro atoms. The molecule has 2 fully saturated rings. The Morgan fingerprint density at radius 2 is 1.85 bits per heavy atom. The zero-order valence-electron chi connectivity index (χ0n) is 21.9. The van der Waals surface area contributed by atoms with Crippen molar-refractivity contribution in [3.05, 3.63) is 82.3 Å². The molecule has 0 radical (unpaired) electrons. The maximum atomic E-state index is 15.4. The van der Waals surface area contributed by atoms with Crippen molar-refractivity contribution >= 4 is 23.0 Å². The third-order valence-electron chi connectivity index (χ3n) is 8.73. The van der Waals surface area contributed by atoms with Gasteiger partial charge >= 0.3 is 5.97 Å². The quantitative estimate of drug-likeness (QED) is 0.367. The number of aromatic nitrogens is 3. The van der Waals surface area contributed by atoms with E-state index in [1.54, 1.807) is 12.1 Å². The highest BCUT2D eigenvalue weighted by molar-refractivity contribution is 5.96. The van der Waals surface area contributed by atoms with Gasteiger partial charge in [-0.2, -0.15) is 0 Å². The van der Waals surface area contributed by atoms with Crippen LogP contribution >= 0.6 is 0 Å². The average molecular weight is 525 g/mol. The van der Waals surface area contributed by atoms with Gasteiger partial charge in [0, 0.05) is 13.6 Å². The molecule has 3 atom stereocenters. The largest absolute Gasteiger partial charge is 0.481 e. The topological polar surface area (TPSA) is 88.3 Å². The van der Waals surface area contributed by atoms with Gasteiger partial charge in [-0.25, -0.2) is 14.4 Å². The van der Waals surface area contributed by atoms with Crippen LogP contribution in [0.25, 0.3) is 22.6 Å². The third-order valence-corrected chi connectivity index (χ3v) is 8.73. The highest BCUT2D eigenvalue weighted by Gasteiger charge is 2.44. The zero-order chi connectivity index (χ0) is 27.0. The first-order valence-corrected chi connectivity index (χ1v) is 13.6. The van der Waals surface area contributed by atoms with Crippen LogP contribution in [-0.4, -0.2) is 43.0 Å². The number of halogens is 1. The molecule has 2 aliphatic carbocycles. The lowest BCUT2D eigenvalue weighted by Gasteiger charge is -2.35. The van der Waals surface area contributed by atoms with Crippen molar-refractivity contribution in [1.82, 2.24) is 19.4 Å². The maximum absolute atomic E-state index is 15.4. The monoisotopic (exact) mass is 524 g/mol. The van der Waals surface area contributed by atoms with E-state index in [0.717, 1.165) is 30.3 Å². The van der Waals surface area contributed by atoms with Gasteiger partial charge < -0.3 is 14.6 Å². The second-order valence-electron chi connectivity index (χ2n) is 11.2. The number of carboxylic acids is 1. The summed E-state index contributed by atoms with van der Waals surface area (Å²) in [5.74, 6) is -1.20.